The van der Waals surface area contributed by atoms with E-state index in [0.717, 1.165) is 28.2 Å². The number of halogens is 1. The Morgan fingerprint density at radius 2 is 2.07 bits per heavy atom. The third-order valence-corrected chi connectivity index (χ3v) is 2.62. The number of nitrogens with zero attached hydrogens (tertiary/aromatic N) is 2. The van der Waals surface area contributed by atoms with Gasteiger partial charge in [0.2, 0.25) is 0 Å². The molecule has 1 aromatic rings. The van der Waals surface area contributed by atoms with Gasteiger partial charge in [-0.25, -0.2) is 9.97 Å². The molecule has 1 N–H and O–H groups in total. The number of anilines is 1. The summed E-state index contributed by atoms with van der Waals surface area (Å²) in [4.78, 5) is 8.87. The van der Waals surface area contributed by atoms with Crippen LogP contribution in [0.15, 0.2) is 6.20 Å². The zero-order chi connectivity index (χ0) is 11.5. The van der Waals surface area contributed by atoms with E-state index in [9.17, 15) is 0 Å². The molecule has 0 unspecified atom stereocenters. The zero-order valence-corrected chi connectivity index (χ0v) is 11.9. The van der Waals surface area contributed by atoms with Crippen LogP contribution in [0.25, 0.3) is 0 Å². The highest BCUT2D eigenvalue weighted by Crippen LogP contribution is 2.20. The van der Waals surface area contributed by atoms with Crippen LogP contribution in [0.5, 0.6) is 0 Å². The molecule has 0 fully saturated rings. The standard InChI is InChI=1S/C11H18IN3/c1-5-13-10-8(12)7-14-9(15-10)6-11(2,3)4/h7H,5-6H2,1-4H3,(H,13,14,15). The summed E-state index contributed by atoms with van der Waals surface area (Å²) in [6, 6.07) is 0. The highest BCUT2D eigenvalue weighted by Gasteiger charge is 2.14. The SMILES string of the molecule is CCNc1nc(CC(C)(C)C)ncc1I. The van der Waals surface area contributed by atoms with E-state index in [0.29, 0.717) is 0 Å². The van der Waals surface area contributed by atoms with Crippen molar-refractivity contribution in [1.82, 2.24) is 9.97 Å². The van der Waals surface area contributed by atoms with Crippen LogP contribution in [0.1, 0.15) is 33.5 Å². The van der Waals surface area contributed by atoms with Crippen LogP contribution >= 0.6 is 22.6 Å². The molecule has 0 amide bonds. The van der Waals surface area contributed by atoms with Gasteiger partial charge in [-0.1, -0.05) is 20.8 Å². The Labute approximate surface area is 105 Å². The fourth-order valence-electron chi connectivity index (χ4n) is 1.25. The van der Waals surface area contributed by atoms with Gasteiger partial charge in [-0.2, -0.15) is 0 Å². The van der Waals surface area contributed by atoms with Crippen molar-refractivity contribution >= 4 is 28.4 Å². The molecule has 0 aliphatic heterocycles. The molecular weight excluding hydrogens is 301 g/mol. The minimum atomic E-state index is 0.232. The topological polar surface area (TPSA) is 37.8 Å². The Morgan fingerprint density at radius 3 is 2.60 bits per heavy atom. The number of nitrogens with one attached hydrogen (secondary N) is 1. The van der Waals surface area contributed by atoms with Gasteiger partial charge in [0.25, 0.3) is 0 Å². The van der Waals surface area contributed by atoms with Crippen molar-refractivity contribution in [2.24, 2.45) is 5.41 Å². The van der Waals surface area contributed by atoms with Crippen molar-refractivity contribution in [3.63, 3.8) is 0 Å². The van der Waals surface area contributed by atoms with Crippen molar-refractivity contribution in [2.45, 2.75) is 34.1 Å². The van der Waals surface area contributed by atoms with Gasteiger partial charge in [-0.3, -0.25) is 0 Å². The predicted octanol–water partition coefficient (Wildman–Crippen LogP) is 3.10. The molecule has 0 bridgehead atoms. The maximum absolute atomic E-state index is 4.52. The van der Waals surface area contributed by atoms with Crippen LogP contribution in [0, 0.1) is 8.99 Å². The Morgan fingerprint density at radius 1 is 1.40 bits per heavy atom. The number of aromatic nitrogens is 2. The summed E-state index contributed by atoms with van der Waals surface area (Å²) in [6.45, 7) is 9.55. The second-order valence-electron chi connectivity index (χ2n) is 4.75. The quantitative estimate of drug-likeness (QED) is 0.870. The molecule has 15 heavy (non-hydrogen) atoms. The van der Waals surface area contributed by atoms with Gasteiger partial charge in [0.15, 0.2) is 0 Å². The minimum absolute atomic E-state index is 0.232. The lowest BCUT2D eigenvalue weighted by Crippen LogP contribution is -2.13. The lowest BCUT2D eigenvalue weighted by Gasteiger charge is -2.17. The predicted molar refractivity (Wildman–Crippen MR) is 72.1 cm³/mol. The first kappa shape index (κ1) is 12.7. The van der Waals surface area contributed by atoms with Crippen LogP contribution in [-0.2, 0) is 6.42 Å². The molecule has 0 atom stereocenters. The molecule has 0 radical (unpaired) electrons. The molecule has 0 aliphatic carbocycles. The van der Waals surface area contributed by atoms with Gasteiger partial charge in [0.05, 0.1) is 3.57 Å². The van der Waals surface area contributed by atoms with Crippen LogP contribution in [0.2, 0.25) is 0 Å². The molecule has 3 nitrogen and oxygen atoms in total. The Hall–Kier alpha value is -0.390. The molecule has 1 rings (SSSR count). The second kappa shape index (κ2) is 5.09. The third-order valence-electron chi connectivity index (χ3n) is 1.83. The van der Waals surface area contributed by atoms with E-state index in [2.05, 4.69) is 65.6 Å². The number of hydrogen-bond donors (Lipinski definition) is 1. The van der Waals surface area contributed by atoms with E-state index in [1.54, 1.807) is 0 Å². The van der Waals surface area contributed by atoms with E-state index in [-0.39, 0.29) is 5.41 Å². The van der Waals surface area contributed by atoms with Gasteiger partial charge in [0.1, 0.15) is 11.6 Å². The van der Waals surface area contributed by atoms with E-state index in [4.69, 9.17) is 0 Å². The van der Waals surface area contributed by atoms with E-state index < -0.39 is 0 Å². The van der Waals surface area contributed by atoms with Crippen molar-refractivity contribution in [1.29, 1.82) is 0 Å². The van der Waals surface area contributed by atoms with Gasteiger partial charge >= 0.3 is 0 Å². The largest absolute Gasteiger partial charge is 0.369 e. The highest BCUT2D eigenvalue weighted by atomic mass is 127. The summed E-state index contributed by atoms with van der Waals surface area (Å²) < 4.78 is 1.08. The summed E-state index contributed by atoms with van der Waals surface area (Å²) in [5.41, 5.74) is 0.232. The van der Waals surface area contributed by atoms with Gasteiger partial charge < -0.3 is 5.32 Å². The van der Waals surface area contributed by atoms with E-state index in [1.165, 1.54) is 0 Å². The molecule has 0 spiro atoms. The smallest absolute Gasteiger partial charge is 0.143 e. The number of rotatable bonds is 3. The lowest BCUT2D eigenvalue weighted by molar-refractivity contribution is 0.400. The van der Waals surface area contributed by atoms with Crippen LogP contribution in [0.4, 0.5) is 5.82 Å². The maximum Gasteiger partial charge on any atom is 0.143 e. The van der Waals surface area contributed by atoms with Crippen LogP contribution < -0.4 is 5.32 Å². The number of hydrogen-bond acceptors (Lipinski definition) is 3. The van der Waals surface area contributed by atoms with Crippen molar-refractivity contribution in [2.75, 3.05) is 11.9 Å². The fraction of sp³-hybridized carbons (Fsp3) is 0.636. The molecule has 84 valence electrons. The molecular formula is C11H18IN3. The van der Waals surface area contributed by atoms with Gasteiger partial charge in [-0.15, -0.1) is 0 Å². The summed E-state index contributed by atoms with van der Waals surface area (Å²) in [7, 11) is 0. The van der Waals surface area contributed by atoms with Gasteiger partial charge in [0, 0.05) is 19.2 Å². The Balaban J connectivity index is 2.87. The summed E-state index contributed by atoms with van der Waals surface area (Å²) in [5, 5.41) is 3.24. The van der Waals surface area contributed by atoms with Gasteiger partial charge in [-0.05, 0) is 34.9 Å². The molecule has 0 saturated carbocycles. The van der Waals surface area contributed by atoms with Crippen molar-refractivity contribution in [3.05, 3.63) is 15.6 Å². The van der Waals surface area contributed by atoms with Crippen LogP contribution in [-0.4, -0.2) is 16.5 Å². The fourth-order valence-corrected chi connectivity index (χ4v) is 1.71. The van der Waals surface area contributed by atoms with E-state index in [1.807, 2.05) is 6.20 Å². The van der Waals surface area contributed by atoms with E-state index >= 15 is 0 Å². The third kappa shape index (κ3) is 4.32. The monoisotopic (exact) mass is 319 g/mol. The van der Waals surface area contributed by atoms with Crippen molar-refractivity contribution in [3.8, 4) is 0 Å². The molecule has 0 saturated heterocycles. The minimum Gasteiger partial charge on any atom is -0.369 e. The molecule has 0 aromatic carbocycles. The Bertz CT molecular complexity index is 331. The average molecular weight is 319 g/mol. The normalized spacial score (nSPS) is 11.5. The molecule has 0 aliphatic rings. The highest BCUT2D eigenvalue weighted by molar-refractivity contribution is 14.1. The summed E-state index contributed by atoms with van der Waals surface area (Å²) in [6.07, 6.45) is 2.79. The first-order valence-electron chi connectivity index (χ1n) is 5.17. The Kier molecular flexibility index (Phi) is 4.31. The lowest BCUT2D eigenvalue weighted by atomic mass is 9.92. The molecule has 4 heteroatoms. The van der Waals surface area contributed by atoms with Crippen LogP contribution in [0.3, 0.4) is 0 Å². The molecule has 1 aromatic heterocycles. The summed E-state index contributed by atoms with van der Waals surface area (Å²) >= 11 is 2.25. The molecule has 1 heterocycles. The maximum atomic E-state index is 4.52. The van der Waals surface area contributed by atoms with Crippen molar-refractivity contribution < 1.29 is 0 Å². The second-order valence-corrected chi connectivity index (χ2v) is 5.91. The first-order valence-corrected chi connectivity index (χ1v) is 6.25. The average Bonchev–Trinajstić information content (AvgIpc) is 2.09. The summed E-state index contributed by atoms with van der Waals surface area (Å²) in [5.74, 6) is 1.87. The zero-order valence-electron chi connectivity index (χ0n) is 9.76. The first-order chi connectivity index (χ1) is 6.92.